The van der Waals surface area contributed by atoms with Gasteiger partial charge in [0.05, 0.1) is 13.7 Å². The molecule has 0 spiro atoms. The van der Waals surface area contributed by atoms with Crippen LogP contribution in [0.15, 0.2) is 24.3 Å². The highest BCUT2D eigenvalue weighted by molar-refractivity contribution is 5.96. The molecule has 30 heavy (non-hydrogen) atoms. The molecule has 0 unspecified atom stereocenters. The molecule has 0 atom stereocenters. The number of benzene rings is 1. The molecular formula is C21H36FN3O5. The number of piperazine rings is 1. The van der Waals surface area contributed by atoms with Crippen molar-refractivity contribution >= 4 is 17.8 Å². The monoisotopic (exact) mass is 429 g/mol. The average molecular weight is 430 g/mol. The zero-order valence-electron chi connectivity index (χ0n) is 18.9. The number of nitrogens with zero attached hydrogens (tertiary/aromatic N) is 2. The number of likely N-dealkylation sites (N-methyl/N-ethyl adjacent to an activating group) is 1. The lowest BCUT2D eigenvalue weighted by molar-refractivity contribution is -0.140. The van der Waals surface area contributed by atoms with E-state index in [0.29, 0.717) is 25.1 Å². The van der Waals surface area contributed by atoms with E-state index >= 15 is 0 Å². The number of carbonyl (C=O) groups is 3. The van der Waals surface area contributed by atoms with Crippen LogP contribution in [0.5, 0.6) is 0 Å². The first-order valence-corrected chi connectivity index (χ1v) is 9.89. The largest absolute Gasteiger partial charge is 0.469 e. The van der Waals surface area contributed by atoms with Crippen LogP contribution >= 0.6 is 0 Å². The molecule has 8 nitrogen and oxygen atoms in total. The molecule has 0 aliphatic carbocycles. The van der Waals surface area contributed by atoms with Crippen molar-refractivity contribution in [2.75, 3.05) is 54.0 Å². The quantitative estimate of drug-likeness (QED) is 0.705. The molecule has 2 amide bonds. The molecule has 2 N–H and O–H groups in total. The highest BCUT2D eigenvalue weighted by atomic mass is 19.1. The number of esters is 1. The van der Waals surface area contributed by atoms with Gasteiger partial charge < -0.3 is 25.0 Å². The van der Waals surface area contributed by atoms with Crippen LogP contribution in [-0.2, 0) is 14.3 Å². The van der Waals surface area contributed by atoms with Crippen molar-refractivity contribution in [3.05, 3.63) is 35.6 Å². The number of aliphatic hydroxyl groups is 1. The van der Waals surface area contributed by atoms with E-state index < -0.39 is 5.82 Å². The van der Waals surface area contributed by atoms with E-state index in [9.17, 15) is 18.8 Å². The van der Waals surface area contributed by atoms with E-state index in [1.54, 1.807) is 11.8 Å². The Morgan fingerprint density at radius 1 is 1.07 bits per heavy atom. The first kappa shape index (κ1) is 29.7. The molecule has 1 fully saturated rings. The van der Waals surface area contributed by atoms with Crippen LogP contribution in [0.2, 0.25) is 0 Å². The van der Waals surface area contributed by atoms with Gasteiger partial charge in [0, 0.05) is 45.3 Å². The van der Waals surface area contributed by atoms with E-state index in [4.69, 9.17) is 5.11 Å². The number of nitrogens with one attached hydrogen (secondary N) is 1. The second kappa shape index (κ2) is 18.5. The summed E-state index contributed by atoms with van der Waals surface area (Å²) in [7, 11) is 4.39. The summed E-state index contributed by atoms with van der Waals surface area (Å²) in [5.74, 6) is -1.01. The molecular weight excluding hydrogens is 393 g/mol. The van der Waals surface area contributed by atoms with Gasteiger partial charge in [-0.25, -0.2) is 4.39 Å². The number of ether oxygens (including phenoxy) is 1. The Balaban J connectivity index is 0. The number of amides is 2. The standard InChI is InChI=1S/C14H18FN3O2.C4H8O2.C2H6.CH4O/c1-17-6-8-18(9-7-17)13(19)10-16-14(20)11-2-4-12(15)5-3-11;1-3-4(5)6-2;2*1-2/h2-5H,6-10H2,1H3,(H,16,20);3H2,1-2H3;1-2H3;2H,1H3. The van der Waals surface area contributed by atoms with Gasteiger partial charge >= 0.3 is 5.97 Å². The lowest BCUT2D eigenvalue weighted by Crippen LogP contribution is -2.50. The second-order valence-electron chi connectivity index (χ2n) is 5.80. The summed E-state index contributed by atoms with van der Waals surface area (Å²) in [6, 6.07) is 5.23. The normalized spacial score (nSPS) is 12.6. The van der Waals surface area contributed by atoms with Gasteiger partial charge in [-0.15, -0.1) is 0 Å². The van der Waals surface area contributed by atoms with Crippen molar-refractivity contribution in [2.24, 2.45) is 0 Å². The molecule has 0 aromatic heterocycles. The van der Waals surface area contributed by atoms with Crippen LogP contribution < -0.4 is 5.32 Å². The molecule has 1 heterocycles. The summed E-state index contributed by atoms with van der Waals surface area (Å²) in [4.78, 5) is 37.6. The molecule has 9 heteroatoms. The van der Waals surface area contributed by atoms with E-state index in [1.807, 2.05) is 20.9 Å². The highest BCUT2D eigenvalue weighted by Gasteiger charge is 2.19. The van der Waals surface area contributed by atoms with E-state index in [-0.39, 0.29) is 24.3 Å². The summed E-state index contributed by atoms with van der Waals surface area (Å²) in [5, 5.41) is 9.56. The van der Waals surface area contributed by atoms with Gasteiger partial charge in [-0.2, -0.15) is 0 Å². The van der Waals surface area contributed by atoms with Crippen LogP contribution in [-0.4, -0.2) is 86.7 Å². The maximum atomic E-state index is 12.7. The first-order valence-electron chi connectivity index (χ1n) is 9.89. The van der Waals surface area contributed by atoms with Gasteiger partial charge in [-0.3, -0.25) is 14.4 Å². The van der Waals surface area contributed by atoms with Crippen molar-refractivity contribution < 1.29 is 28.6 Å². The maximum absolute atomic E-state index is 12.7. The molecule has 0 saturated carbocycles. The molecule has 1 aromatic rings. The third-order valence-electron chi connectivity index (χ3n) is 3.88. The zero-order chi connectivity index (χ0) is 23.5. The predicted octanol–water partition coefficient (Wildman–Crippen LogP) is 1.53. The molecule has 1 aliphatic rings. The van der Waals surface area contributed by atoms with Crippen molar-refractivity contribution in [2.45, 2.75) is 27.2 Å². The Bertz CT molecular complexity index is 597. The van der Waals surface area contributed by atoms with Crippen molar-refractivity contribution in [3.8, 4) is 0 Å². The molecule has 1 aliphatic heterocycles. The molecule has 1 aromatic carbocycles. The van der Waals surface area contributed by atoms with E-state index in [2.05, 4.69) is 15.0 Å². The minimum Gasteiger partial charge on any atom is -0.469 e. The van der Waals surface area contributed by atoms with Gasteiger partial charge in [0.2, 0.25) is 5.91 Å². The molecule has 2 rings (SSSR count). The lowest BCUT2D eigenvalue weighted by atomic mass is 10.2. The predicted molar refractivity (Wildman–Crippen MR) is 115 cm³/mol. The van der Waals surface area contributed by atoms with Crippen LogP contribution in [0.25, 0.3) is 0 Å². The topological polar surface area (TPSA) is 99.2 Å². The first-order chi connectivity index (χ1) is 14.4. The van der Waals surface area contributed by atoms with Gasteiger partial charge in [-0.05, 0) is 31.3 Å². The SMILES string of the molecule is CC.CCC(=O)OC.CN1CCN(C(=O)CNC(=O)c2ccc(F)cc2)CC1.CO. The summed E-state index contributed by atoms with van der Waals surface area (Å²) >= 11 is 0. The van der Waals surface area contributed by atoms with E-state index in [1.165, 1.54) is 31.4 Å². The number of hydrogen-bond donors (Lipinski definition) is 2. The summed E-state index contributed by atoms with van der Waals surface area (Å²) in [6.45, 7) is 8.78. The minimum atomic E-state index is -0.393. The van der Waals surface area contributed by atoms with Crippen molar-refractivity contribution in [3.63, 3.8) is 0 Å². The Morgan fingerprint density at radius 2 is 1.57 bits per heavy atom. The van der Waals surface area contributed by atoms with E-state index in [0.717, 1.165) is 20.2 Å². The number of carbonyl (C=O) groups excluding carboxylic acids is 3. The van der Waals surface area contributed by atoms with Crippen LogP contribution in [0, 0.1) is 5.82 Å². The van der Waals surface area contributed by atoms with Gasteiger partial charge in [-0.1, -0.05) is 20.8 Å². The Kier molecular flexibility index (Phi) is 18.3. The number of hydrogen-bond acceptors (Lipinski definition) is 6. The Labute approximate surface area is 179 Å². The fourth-order valence-corrected chi connectivity index (χ4v) is 2.17. The smallest absolute Gasteiger partial charge is 0.305 e. The average Bonchev–Trinajstić information content (AvgIpc) is 2.80. The number of methoxy groups -OCH3 is 1. The Morgan fingerprint density at radius 3 is 1.97 bits per heavy atom. The molecule has 172 valence electrons. The Hall–Kier alpha value is -2.52. The molecule has 0 bridgehead atoms. The van der Waals surface area contributed by atoms with Crippen LogP contribution in [0.4, 0.5) is 4.39 Å². The zero-order valence-corrected chi connectivity index (χ0v) is 18.9. The molecule has 1 saturated heterocycles. The fourth-order valence-electron chi connectivity index (χ4n) is 2.17. The van der Waals surface area contributed by atoms with Crippen LogP contribution in [0.1, 0.15) is 37.6 Å². The summed E-state index contributed by atoms with van der Waals surface area (Å²) < 4.78 is 17.0. The van der Waals surface area contributed by atoms with Crippen molar-refractivity contribution in [1.29, 1.82) is 0 Å². The lowest BCUT2D eigenvalue weighted by Gasteiger charge is -2.32. The third kappa shape index (κ3) is 12.8. The number of halogens is 1. The molecule has 0 radical (unpaired) electrons. The maximum Gasteiger partial charge on any atom is 0.305 e. The highest BCUT2D eigenvalue weighted by Crippen LogP contribution is 2.03. The van der Waals surface area contributed by atoms with Gasteiger partial charge in [0.15, 0.2) is 0 Å². The van der Waals surface area contributed by atoms with Crippen LogP contribution in [0.3, 0.4) is 0 Å². The summed E-state index contributed by atoms with van der Waals surface area (Å²) in [5.41, 5.74) is 0.345. The third-order valence-corrected chi connectivity index (χ3v) is 3.88. The van der Waals surface area contributed by atoms with Crippen molar-refractivity contribution in [1.82, 2.24) is 15.1 Å². The van der Waals surface area contributed by atoms with Gasteiger partial charge in [0.1, 0.15) is 5.82 Å². The fraction of sp³-hybridized carbons (Fsp3) is 0.571. The second-order valence-corrected chi connectivity index (χ2v) is 5.80. The minimum absolute atomic E-state index is 0.0279. The summed E-state index contributed by atoms with van der Waals surface area (Å²) in [6.07, 6.45) is 0.469. The number of aliphatic hydroxyl groups excluding tert-OH is 1. The van der Waals surface area contributed by atoms with Gasteiger partial charge in [0.25, 0.3) is 5.91 Å². The number of rotatable bonds is 4.